The molecule has 0 aliphatic rings. The minimum atomic E-state index is -4.39. The Morgan fingerprint density at radius 1 is 0.526 bits per heavy atom. The van der Waals surface area contributed by atoms with Gasteiger partial charge in [-0.25, -0.2) is 4.57 Å². The third-order valence-corrected chi connectivity index (χ3v) is 10.0. The number of ether oxygens (including phenoxy) is 2. The molecule has 0 aromatic rings. The summed E-state index contributed by atoms with van der Waals surface area (Å²) >= 11 is 0. The molecule has 9 nitrogen and oxygen atoms in total. The van der Waals surface area contributed by atoms with E-state index in [0.717, 1.165) is 57.8 Å². The molecule has 0 aromatic heterocycles. The van der Waals surface area contributed by atoms with E-state index in [1.165, 1.54) is 83.5 Å². The van der Waals surface area contributed by atoms with Crippen LogP contribution in [-0.2, 0) is 32.7 Å². The lowest BCUT2D eigenvalue weighted by molar-refractivity contribution is -0.161. The van der Waals surface area contributed by atoms with E-state index in [4.69, 9.17) is 24.3 Å². The van der Waals surface area contributed by atoms with Gasteiger partial charge in [-0.15, -0.1) is 0 Å². The fourth-order valence-corrected chi connectivity index (χ4v) is 6.48. The lowest BCUT2D eigenvalue weighted by Crippen LogP contribution is -2.29. The van der Waals surface area contributed by atoms with Crippen molar-refractivity contribution in [3.05, 3.63) is 72.9 Å². The fourth-order valence-electron chi connectivity index (χ4n) is 5.71. The molecule has 0 heterocycles. The zero-order valence-corrected chi connectivity index (χ0v) is 36.9. The molecule has 10 heteroatoms. The van der Waals surface area contributed by atoms with Crippen molar-refractivity contribution in [2.24, 2.45) is 5.73 Å². The number of unbranched alkanes of at least 4 members (excludes halogenated alkanes) is 16. The third kappa shape index (κ3) is 42.9. The summed E-state index contributed by atoms with van der Waals surface area (Å²) in [7, 11) is -4.39. The molecule has 0 rings (SSSR count). The van der Waals surface area contributed by atoms with Crippen LogP contribution < -0.4 is 5.73 Å². The fraction of sp³-hybridized carbons (Fsp3) is 0.702. The van der Waals surface area contributed by atoms with Crippen LogP contribution in [0, 0.1) is 0 Å². The van der Waals surface area contributed by atoms with Gasteiger partial charge in [0.05, 0.1) is 13.2 Å². The SMILES string of the molecule is CCCCC/C=C/C/C=C/C/C=C/C/C=C/CCCC(=O)OC[C@H](COP(=O)(O)OCCN)OC(=O)CCCCCCCCCCC/C=C/C/C=C/CCCCC. The summed E-state index contributed by atoms with van der Waals surface area (Å²) in [6, 6.07) is 0. The maximum absolute atomic E-state index is 12.6. The molecule has 0 radical (unpaired) electrons. The van der Waals surface area contributed by atoms with E-state index in [-0.39, 0.29) is 32.6 Å². The minimum Gasteiger partial charge on any atom is -0.462 e. The number of carbonyl (C=O) groups is 2. The molecule has 0 fully saturated rings. The second-order valence-corrected chi connectivity index (χ2v) is 16.0. The van der Waals surface area contributed by atoms with Crippen LogP contribution in [0.3, 0.4) is 0 Å². The molecule has 3 N–H and O–H groups in total. The molecular weight excluding hydrogens is 737 g/mol. The molecule has 0 bridgehead atoms. The molecule has 0 saturated heterocycles. The summed E-state index contributed by atoms with van der Waals surface area (Å²) < 4.78 is 32.7. The van der Waals surface area contributed by atoms with Crippen LogP contribution in [0.5, 0.6) is 0 Å². The Kier molecular flexibility index (Phi) is 41.1. The number of carbonyl (C=O) groups excluding carboxylic acids is 2. The first kappa shape index (κ1) is 54.5. The monoisotopic (exact) mass is 820 g/mol. The predicted molar refractivity (Wildman–Crippen MR) is 238 cm³/mol. The van der Waals surface area contributed by atoms with Crippen molar-refractivity contribution >= 4 is 19.8 Å². The second kappa shape index (κ2) is 43.0. The lowest BCUT2D eigenvalue weighted by atomic mass is 10.1. The summed E-state index contributed by atoms with van der Waals surface area (Å²) in [5.41, 5.74) is 5.35. The van der Waals surface area contributed by atoms with E-state index in [1.807, 2.05) is 6.08 Å². The van der Waals surface area contributed by atoms with Gasteiger partial charge in [-0.1, -0.05) is 157 Å². The molecule has 0 aliphatic heterocycles. The summed E-state index contributed by atoms with van der Waals surface area (Å²) in [4.78, 5) is 34.9. The number of phosphoric acid groups is 1. The van der Waals surface area contributed by atoms with Crippen molar-refractivity contribution in [3.8, 4) is 0 Å². The van der Waals surface area contributed by atoms with E-state index in [9.17, 15) is 19.0 Å². The summed E-state index contributed by atoms with van der Waals surface area (Å²) in [6.07, 6.45) is 52.2. The maximum Gasteiger partial charge on any atom is 0.472 e. The first-order valence-electron chi connectivity index (χ1n) is 22.4. The van der Waals surface area contributed by atoms with Crippen LogP contribution in [0.2, 0.25) is 0 Å². The Bertz CT molecular complexity index is 1160. The van der Waals surface area contributed by atoms with Crippen LogP contribution in [0.15, 0.2) is 72.9 Å². The quantitative estimate of drug-likeness (QED) is 0.0267. The average Bonchev–Trinajstić information content (AvgIpc) is 3.20. The van der Waals surface area contributed by atoms with Gasteiger partial charge in [0.1, 0.15) is 6.61 Å². The normalized spacial score (nSPS) is 14.0. The van der Waals surface area contributed by atoms with Gasteiger partial charge in [-0.3, -0.25) is 18.6 Å². The van der Waals surface area contributed by atoms with Crippen LogP contribution in [0.4, 0.5) is 0 Å². The number of esters is 2. The topological polar surface area (TPSA) is 134 Å². The van der Waals surface area contributed by atoms with E-state index >= 15 is 0 Å². The van der Waals surface area contributed by atoms with E-state index in [2.05, 4.69) is 80.7 Å². The predicted octanol–water partition coefficient (Wildman–Crippen LogP) is 13.1. The van der Waals surface area contributed by atoms with E-state index in [1.54, 1.807) is 0 Å². The van der Waals surface area contributed by atoms with Gasteiger partial charge in [-0.05, 0) is 83.5 Å². The first-order chi connectivity index (χ1) is 27.8. The molecule has 0 amide bonds. The maximum atomic E-state index is 12.6. The van der Waals surface area contributed by atoms with Crippen LogP contribution >= 0.6 is 7.82 Å². The van der Waals surface area contributed by atoms with Gasteiger partial charge >= 0.3 is 19.8 Å². The standard InChI is InChI=1S/C47H82NO8P/c1-3-5-7-9-11-13-15-17-19-21-22-24-26-28-30-32-34-36-38-40-47(50)56-45(44-55-57(51,52)54-42-41-48)43-53-46(49)39-37-35-33-31-29-27-25-23-20-18-16-14-12-10-8-6-4-2/h11-14,17-20,25,27,31,33,45H,3-10,15-16,21-24,26,28-30,32,34-44,48H2,1-2H3,(H,51,52)/b13-11+,14-12+,19-17+,20-18+,27-25+,33-31+/t45-/m1/s1. The summed E-state index contributed by atoms with van der Waals surface area (Å²) in [6.45, 7) is 3.60. The highest BCUT2D eigenvalue weighted by Gasteiger charge is 2.25. The summed E-state index contributed by atoms with van der Waals surface area (Å²) in [5, 5.41) is 0. The smallest absolute Gasteiger partial charge is 0.462 e. The van der Waals surface area contributed by atoms with Crippen LogP contribution in [-0.4, -0.2) is 49.3 Å². The molecule has 2 atom stereocenters. The van der Waals surface area contributed by atoms with Crippen LogP contribution in [0.1, 0.15) is 181 Å². The van der Waals surface area contributed by atoms with Crippen molar-refractivity contribution in [3.63, 3.8) is 0 Å². The Morgan fingerprint density at radius 3 is 1.40 bits per heavy atom. The summed E-state index contributed by atoms with van der Waals surface area (Å²) in [5.74, 6) is -0.903. The molecule has 0 aromatic carbocycles. The van der Waals surface area contributed by atoms with Crippen molar-refractivity contribution < 1.29 is 37.6 Å². The number of rotatable bonds is 41. The Labute approximate surface area is 348 Å². The molecule has 57 heavy (non-hydrogen) atoms. The highest BCUT2D eigenvalue weighted by atomic mass is 31.2. The molecule has 0 aliphatic carbocycles. The minimum absolute atomic E-state index is 0.0422. The number of phosphoric ester groups is 1. The van der Waals surface area contributed by atoms with Crippen LogP contribution in [0.25, 0.3) is 0 Å². The number of hydrogen-bond donors (Lipinski definition) is 2. The van der Waals surface area contributed by atoms with Gasteiger partial charge < -0.3 is 20.1 Å². The highest BCUT2D eigenvalue weighted by Crippen LogP contribution is 2.43. The average molecular weight is 820 g/mol. The number of nitrogens with two attached hydrogens (primary N) is 1. The van der Waals surface area contributed by atoms with Gasteiger partial charge in [-0.2, -0.15) is 0 Å². The van der Waals surface area contributed by atoms with Crippen molar-refractivity contribution in [1.29, 1.82) is 0 Å². The zero-order chi connectivity index (χ0) is 41.8. The molecular formula is C47H82NO8P. The zero-order valence-electron chi connectivity index (χ0n) is 36.0. The first-order valence-corrected chi connectivity index (χ1v) is 23.9. The van der Waals surface area contributed by atoms with Gasteiger partial charge in [0.15, 0.2) is 6.10 Å². The van der Waals surface area contributed by atoms with Crippen molar-refractivity contribution in [2.75, 3.05) is 26.4 Å². The molecule has 0 spiro atoms. The molecule has 1 unspecified atom stereocenters. The number of hydrogen-bond acceptors (Lipinski definition) is 8. The molecule has 328 valence electrons. The Balaban J connectivity index is 4.24. The van der Waals surface area contributed by atoms with Gasteiger partial charge in [0.25, 0.3) is 0 Å². The third-order valence-electron chi connectivity index (χ3n) is 9.06. The van der Waals surface area contributed by atoms with Gasteiger partial charge in [0.2, 0.25) is 0 Å². The Hall–Kier alpha value is -2.55. The lowest BCUT2D eigenvalue weighted by Gasteiger charge is -2.19. The van der Waals surface area contributed by atoms with Crippen molar-refractivity contribution in [2.45, 2.75) is 187 Å². The van der Waals surface area contributed by atoms with Gasteiger partial charge in [0, 0.05) is 19.4 Å². The highest BCUT2D eigenvalue weighted by molar-refractivity contribution is 7.47. The second-order valence-electron chi connectivity index (χ2n) is 14.6. The van der Waals surface area contributed by atoms with Crippen molar-refractivity contribution in [1.82, 2.24) is 0 Å². The van der Waals surface area contributed by atoms with E-state index < -0.39 is 32.5 Å². The number of allylic oxidation sites excluding steroid dienone is 12. The Morgan fingerprint density at radius 2 is 0.930 bits per heavy atom. The molecule has 0 saturated carbocycles. The van der Waals surface area contributed by atoms with E-state index in [0.29, 0.717) is 12.8 Å². The largest absolute Gasteiger partial charge is 0.472 e.